The highest BCUT2D eigenvalue weighted by Crippen LogP contribution is 2.20. The molecule has 0 aliphatic carbocycles. The number of fused-ring (bicyclic) bond motifs is 1. The predicted octanol–water partition coefficient (Wildman–Crippen LogP) is 1.75. The van der Waals surface area contributed by atoms with Gasteiger partial charge in [0, 0.05) is 32.4 Å². The Labute approximate surface area is 136 Å². The van der Waals surface area contributed by atoms with Gasteiger partial charge < -0.3 is 19.7 Å². The number of imidazole rings is 1. The van der Waals surface area contributed by atoms with Crippen LogP contribution in [0.15, 0.2) is 24.5 Å². The first-order valence-electron chi connectivity index (χ1n) is 7.35. The second-order valence-corrected chi connectivity index (χ2v) is 5.57. The summed E-state index contributed by atoms with van der Waals surface area (Å²) in [5, 5.41) is 11.5. The van der Waals surface area contributed by atoms with E-state index in [-0.39, 0.29) is 6.54 Å². The van der Waals surface area contributed by atoms with Crippen LogP contribution in [0.25, 0.3) is 5.65 Å². The van der Waals surface area contributed by atoms with Gasteiger partial charge in [0.25, 0.3) is 0 Å². The predicted molar refractivity (Wildman–Crippen MR) is 81.7 cm³/mol. The number of aromatic nitrogens is 2. The zero-order chi connectivity index (χ0) is 17.9. The van der Waals surface area contributed by atoms with Gasteiger partial charge in [-0.25, -0.2) is 9.78 Å². The maximum atomic E-state index is 12.3. The van der Waals surface area contributed by atoms with Gasteiger partial charge in [-0.05, 0) is 18.6 Å². The van der Waals surface area contributed by atoms with Gasteiger partial charge in [0.05, 0.1) is 12.2 Å². The van der Waals surface area contributed by atoms with E-state index in [0.29, 0.717) is 6.42 Å². The average molecular weight is 344 g/mol. The van der Waals surface area contributed by atoms with E-state index in [4.69, 9.17) is 5.11 Å². The molecule has 0 unspecified atom stereocenters. The molecule has 1 atom stereocenters. The third-order valence-corrected chi connectivity index (χ3v) is 3.56. The molecule has 2 amide bonds. The van der Waals surface area contributed by atoms with Gasteiger partial charge in [0.2, 0.25) is 0 Å². The summed E-state index contributed by atoms with van der Waals surface area (Å²) in [4.78, 5) is 17.0. The highest BCUT2D eigenvalue weighted by Gasteiger charge is 2.39. The standard InChI is InChI=1S/C15H19F3N4O2/c1-10-4-3-7-22-8-11(20-13(10)22)5-6-19-14(24)21(2)9-12(23)15(16,17)18/h3-4,7-8,12,23H,5-6,9H2,1-2H3,(H,19,24)/t12-/m0/s1. The van der Waals surface area contributed by atoms with Crippen LogP contribution in [0.3, 0.4) is 0 Å². The number of hydrogen-bond acceptors (Lipinski definition) is 3. The Hall–Kier alpha value is -2.29. The van der Waals surface area contributed by atoms with Gasteiger partial charge in [-0.2, -0.15) is 13.2 Å². The van der Waals surface area contributed by atoms with Crippen molar-refractivity contribution in [1.82, 2.24) is 19.6 Å². The third kappa shape index (κ3) is 4.38. The second kappa shape index (κ2) is 7.08. The molecule has 24 heavy (non-hydrogen) atoms. The minimum Gasteiger partial charge on any atom is -0.382 e. The van der Waals surface area contributed by atoms with Crippen LogP contribution in [-0.2, 0) is 6.42 Å². The number of halogens is 3. The molecule has 2 aromatic heterocycles. The first-order valence-corrected chi connectivity index (χ1v) is 7.35. The monoisotopic (exact) mass is 344 g/mol. The fourth-order valence-corrected chi connectivity index (χ4v) is 2.20. The summed E-state index contributed by atoms with van der Waals surface area (Å²) in [6.07, 6.45) is -3.16. The number of aliphatic hydroxyl groups excluding tert-OH is 1. The largest absolute Gasteiger partial charge is 0.416 e. The summed E-state index contributed by atoms with van der Waals surface area (Å²) < 4.78 is 38.7. The van der Waals surface area contributed by atoms with Crippen LogP contribution in [0.4, 0.5) is 18.0 Å². The van der Waals surface area contributed by atoms with Crippen LogP contribution >= 0.6 is 0 Å². The van der Waals surface area contributed by atoms with Crippen molar-refractivity contribution >= 4 is 11.7 Å². The molecule has 0 bridgehead atoms. The Morgan fingerprint density at radius 3 is 2.83 bits per heavy atom. The van der Waals surface area contributed by atoms with E-state index >= 15 is 0 Å². The van der Waals surface area contributed by atoms with Crippen molar-refractivity contribution in [1.29, 1.82) is 0 Å². The number of likely N-dealkylation sites (N-methyl/N-ethyl adjacent to an activating group) is 1. The molecule has 2 heterocycles. The zero-order valence-electron chi connectivity index (χ0n) is 13.3. The number of carbonyl (C=O) groups is 1. The van der Waals surface area contributed by atoms with Gasteiger partial charge in [-0.1, -0.05) is 6.07 Å². The summed E-state index contributed by atoms with van der Waals surface area (Å²) >= 11 is 0. The van der Waals surface area contributed by atoms with Crippen molar-refractivity contribution in [3.8, 4) is 0 Å². The first-order chi connectivity index (χ1) is 11.2. The molecule has 0 saturated carbocycles. The van der Waals surface area contributed by atoms with Crippen molar-refractivity contribution in [2.45, 2.75) is 25.6 Å². The number of hydrogen-bond donors (Lipinski definition) is 2. The van der Waals surface area contributed by atoms with Crippen molar-refractivity contribution in [3.05, 3.63) is 35.8 Å². The second-order valence-electron chi connectivity index (χ2n) is 5.57. The molecule has 2 rings (SSSR count). The number of carbonyl (C=O) groups excluding carboxylic acids is 1. The van der Waals surface area contributed by atoms with E-state index in [1.54, 1.807) is 0 Å². The van der Waals surface area contributed by atoms with E-state index in [0.717, 1.165) is 21.8 Å². The lowest BCUT2D eigenvalue weighted by molar-refractivity contribution is -0.205. The lowest BCUT2D eigenvalue weighted by Crippen LogP contribution is -2.45. The van der Waals surface area contributed by atoms with Crippen LogP contribution in [-0.4, -0.2) is 57.8 Å². The number of amides is 2. The highest BCUT2D eigenvalue weighted by molar-refractivity contribution is 5.73. The molecule has 132 valence electrons. The van der Waals surface area contributed by atoms with Crippen LogP contribution in [0, 0.1) is 6.92 Å². The molecule has 0 radical (unpaired) electrons. The summed E-state index contributed by atoms with van der Waals surface area (Å²) in [7, 11) is 1.19. The first kappa shape index (κ1) is 18.1. The summed E-state index contributed by atoms with van der Waals surface area (Å²) in [5.74, 6) is 0. The van der Waals surface area contributed by atoms with Gasteiger partial charge in [0.1, 0.15) is 5.65 Å². The molecular formula is C15H19F3N4O2. The number of nitrogens with zero attached hydrogens (tertiary/aromatic N) is 3. The maximum absolute atomic E-state index is 12.3. The quantitative estimate of drug-likeness (QED) is 0.868. The smallest absolute Gasteiger partial charge is 0.382 e. The number of alkyl halides is 3. The number of pyridine rings is 1. The van der Waals surface area contributed by atoms with E-state index in [9.17, 15) is 18.0 Å². The van der Waals surface area contributed by atoms with Crippen LogP contribution in [0.5, 0.6) is 0 Å². The Bertz CT molecular complexity index is 714. The van der Waals surface area contributed by atoms with Crippen LogP contribution in [0.1, 0.15) is 11.3 Å². The van der Waals surface area contributed by atoms with Crippen molar-refractivity contribution in [3.63, 3.8) is 0 Å². The fourth-order valence-electron chi connectivity index (χ4n) is 2.20. The molecule has 0 fully saturated rings. The molecule has 0 spiro atoms. The average Bonchev–Trinajstić information content (AvgIpc) is 2.90. The fraction of sp³-hybridized carbons (Fsp3) is 0.467. The lowest BCUT2D eigenvalue weighted by Gasteiger charge is -2.22. The van der Waals surface area contributed by atoms with Gasteiger partial charge in [-0.3, -0.25) is 0 Å². The molecule has 2 aromatic rings. The molecule has 0 aliphatic rings. The Morgan fingerprint density at radius 2 is 2.21 bits per heavy atom. The normalized spacial score (nSPS) is 13.1. The van der Waals surface area contributed by atoms with Gasteiger partial charge >= 0.3 is 12.2 Å². The third-order valence-electron chi connectivity index (χ3n) is 3.56. The number of aryl methyl sites for hydroxylation is 1. The molecule has 6 nitrogen and oxygen atoms in total. The van der Waals surface area contributed by atoms with E-state index in [1.807, 2.05) is 35.9 Å². The minimum atomic E-state index is -4.75. The number of rotatable bonds is 5. The maximum Gasteiger partial charge on any atom is 0.416 e. The summed E-state index contributed by atoms with van der Waals surface area (Å²) in [6, 6.07) is 3.16. The molecular weight excluding hydrogens is 325 g/mol. The van der Waals surface area contributed by atoms with Crippen molar-refractivity contribution in [2.24, 2.45) is 0 Å². The van der Waals surface area contributed by atoms with Crippen molar-refractivity contribution < 1.29 is 23.1 Å². The SMILES string of the molecule is Cc1cccn2cc(CCNC(=O)N(C)C[C@H](O)C(F)(F)F)nc12. The Kier molecular flexibility index (Phi) is 5.33. The van der Waals surface area contributed by atoms with E-state index in [1.165, 1.54) is 7.05 Å². The van der Waals surface area contributed by atoms with Gasteiger partial charge in [0.15, 0.2) is 6.10 Å². The molecule has 2 N–H and O–H groups in total. The number of nitrogens with one attached hydrogen (secondary N) is 1. The van der Waals surface area contributed by atoms with Crippen LogP contribution in [0.2, 0.25) is 0 Å². The molecule has 0 aliphatic heterocycles. The van der Waals surface area contributed by atoms with Gasteiger partial charge in [-0.15, -0.1) is 0 Å². The minimum absolute atomic E-state index is 0.230. The van der Waals surface area contributed by atoms with Crippen molar-refractivity contribution in [2.75, 3.05) is 20.1 Å². The topological polar surface area (TPSA) is 69.9 Å². The molecule has 0 aromatic carbocycles. The number of urea groups is 1. The lowest BCUT2D eigenvalue weighted by atomic mass is 10.3. The summed E-state index contributed by atoms with van der Waals surface area (Å²) in [6.45, 7) is 1.35. The van der Waals surface area contributed by atoms with E-state index < -0.39 is 24.9 Å². The number of aliphatic hydroxyl groups is 1. The molecule has 9 heteroatoms. The van der Waals surface area contributed by atoms with E-state index in [2.05, 4.69) is 10.3 Å². The Balaban J connectivity index is 1.84. The zero-order valence-corrected chi connectivity index (χ0v) is 13.3. The van der Waals surface area contributed by atoms with Crippen LogP contribution < -0.4 is 5.32 Å². The molecule has 0 saturated heterocycles. The highest BCUT2D eigenvalue weighted by atomic mass is 19.4. The summed E-state index contributed by atoms with van der Waals surface area (Å²) in [5.41, 5.74) is 2.61. The Morgan fingerprint density at radius 1 is 1.50 bits per heavy atom.